The Balaban J connectivity index is 1.53. The van der Waals surface area contributed by atoms with Gasteiger partial charge in [0.15, 0.2) is 0 Å². The Bertz CT molecular complexity index is 712. The van der Waals surface area contributed by atoms with Gasteiger partial charge >= 0.3 is 0 Å². The average Bonchev–Trinajstić information content (AvgIpc) is 3.31. The molecule has 0 radical (unpaired) electrons. The van der Waals surface area contributed by atoms with E-state index in [4.69, 9.17) is 0 Å². The van der Waals surface area contributed by atoms with Crippen LogP contribution in [0.3, 0.4) is 0 Å². The van der Waals surface area contributed by atoms with Crippen molar-refractivity contribution < 1.29 is 9.59 Å². The summed E-state index contributed by atoms with van der Waals surface area (Å²) in [6.07, 6.45) is 3.50. The van der Waals surface area contributed by atoms with E-state index in [1.165, 1.54) is 5.56 Å². The number of carbonyl (C=O) groups is 2. The maximum atomic E-state index is 12.4. The lowest BCUT2D eigenvalue weighted by atomic mass is 10.1. The highest BCUT2D eigenvalue weighted by atomic mass is 32.1. The minimum atomic E-state index is -0.0887. The van der Waals surface area contributed by atoms with Gasteiger partial charge in [-0.1, -0.05) is 0 Å². The highest BCUT2D eigenvalue weighted by Gasteiger charge is 2.21. The number of nitrogens with one attached hydrogen (secondary N) is 1. The van der Waals surface area contributed by atoms with E-state index in [9.17, 15) is 9.59 Å². The SMILES string of the molecule is Cc1csc([C@H](Cc2ccsc2)NC(=O)CCCN2CCCC2=O)n1. The Labute approximate surface area is 156 Å². The minimum Gasteiger partial charge on any atom is -0.347 e. The van der Waals surface area contributed by atoms with Crippen molar-refractivity contribution in [2.45, 2.75) is 45.1 Å². The third-order valence-electron chi connectivity index (χ3n) is 4.29. The van der Waals surface area contributed by atoms with Crippen LogP contribution in [-0.4, -0.2) is 34.8 Å². The van der Waals surface area contributed by atoms with Crippen molar-refractivity contribution in [3.63, 3.8) is 0 Å². The minimum absolute atomic E-state index is 0.0275. The molecule has 0 unspecified atom stereocenters. The molecule has 0 aliphatic carbocycles. The molecule has 1 atom stereocenters. The maximum absolute atomic E-state index is 12.4. The molecule has 0 bridgehead atoms. The number of hydrogen-bond acceptors (Lipinski definition) is 5. The molecule has 5 nitrogen and oxygen atoms in total. The highest BCUT2D eigenvalue weighted by Crippen LogP contribution is 2.23. The van der Waals surface area contributed by atoms with E-state index in [-0.39, 0.29) is 17.9 Å². The van der Waals surface area contributed by atoms with E-state index in [0.717, 1.165) is 30.1 Å². The summed E-state index contributed by atoms with van der Waals surface area (Å²) >= 11 is 3.25. The van der Waals surface area contributed by atoms with Crippen LogP contribution in [0.15, 0.2) is 22.2 Å². The topological polar surface area (TPSA) is 62.3 Å². The number of likely N-dealkylation sites (tertiary alicyclic amines) is 1. The van der Waals surface area contributed by atoms with Crippen molar-refractivity contribution in [1.82, 2.24) is 15.2 Å². The third kappa shape index (κ3) is 5.12. The summed E-state index contributed by atoms with van der Waals surface area (Å²) in [5.41, 5.74) is 2.20. The van der Waals surface area contributed by atoms with Gasteiger partial charge in [-0.15, -0.1) is 11.3 Å². The summed E-state index contributed by atoms with van der Waals surface area (Å²) < 4.78 is 0. The molecular formula is C18H23N3O2S2. The van der Waals surface area contributed by atoms with Gasteiger partial charge in [-0.2, -0.15) is 11.3 Å². The van der Waals surface area contributed by atoms with E-state index in [1.54, 1.807) is 22.7 Å². The van der Waals surface area contributed by atoms with Gasteiger partial charge in [-0.3, -0.25) is 9.59 Å². The van der Waals surface area contributed by atoms with Gasteiger partial charge in [0.2, 0.25) is 11.8 Å². The molecule has 25 heavy (non-hydrogen) atoms. The fourth-order valence-corrected chi connectivity index (χ4v) is 4.54. The first-order chi connectivity index (χ1) is 12.1. The summed E-state index contributed by atoms with van der Waals surface area (Å²) in [4.78, 5) is 30.4. The number of thiazole rings is 1. The zero-order chi connectivity index (χ0) is 17.6. The number of aryl methyl sites for hydroxylation is 1. The zero-order valence-corrected chi connectivity index (χ0v) is 16.0. The molecule has 3 heterocycles. The molecule has 2 amide bonds. The quantitative estimate of drug-likeness (QED) is 0.768. The number of hydrogen-bond donors (Lipinski definition) is 1. The molecule has 2 aromatic heterocycles. The van der Waals surface area contributed by atoms with Crippen molar-refractivity contribution in [2.24, 2.45) is 0 Å². The van der Waals surface area contributed by atoms with Crippen LogP contribution in [0.25, 0.3) is 0 Å². The number of amides is 2. The first kappa shape index (κ1) is 18.1. The number of rotatable bonds is 8. The molecule has 1 aliphatic heterocycles. The molecule has 7 heteroatoms. The Kier molecular flexibility index (Phi) is 6.20. The van der Waals surface area contributed by atoms with Crippen LogP contribution in [0.2, 0.25) is 0 Å². The molecule has 1 aliphatic rings. The van der Waals surface area contributed by atoms with E-state index in [0.29, 0.717) is 25.8 Å². The monoisotopic (exact) mass is 377 g/mol. The number of carbonyl (C=O) groups excluding carboxylic acids is 2. The van der Waals surface area contributed by atoms with Gasteiger partial charge < -0.3 is 10.2 Å². The van der Waals surface area contributed by atoms with Gasteiger partial charge in [0.25, 0.3) is 0 Å². The van der Waals surface area contributed by atoms with Crippen molar-refractivity contribution in [2.75, 3.05) is 13.1 Å². The van der Waals surface area contributed by atoms with Crippen LogP contribution < -0.4 is 5.32 Å². The second-order valence-electron chi connectivity index (χ2n) is 6.37. The van der Waals surface area contributed by atoms with Crippen LogP contribution in [0.5, 0.6) is 0 Å². The zero-order valence-electron chi connectivity index (χ0n) is 14.4. The average molecular weight is 378 g/mol. The van der Waals surface area contributed by atoms with Crippen molar-refractivity contribution in [1.29, 1.82) is 0 Å². The van der Waals surface area contributed by atoms with Crippen LogP contribution in [0.4, 0.5) is 0 Å². The first-order valence-electron chi connectivity index (χ1n) is 8.62. The lowest BCUT2D eigenvalue weighted by Crippen LogP contribution is -2.31. The molecule has 3 rings (SSSR count). The molecule has 0 saturated carbocycles. The Hall–Kier alpha value is -1.73. The lowest BCUT2D eigenvalue weighted by Gasteiger charge is -2.18. The Morgan fingerprint density at radius 3 is 2.96 bits per heavy atom. The molecule has 1 fully saturated rings. The third-order valence-corrected chi connectivity index (χ3v) is 6.10. The second kappa shape index (κ2) is 8.58. The van der Waals surface area contributed by atoms with Crippen molar-refractivity contribution in [3.05, 3.63) is 38.5 Å². The summed E-state index contributed by atoms with van der Waals surface area (Å²) in [5.74, 6) is 0.244. The number of nitrogens with zero attached hydrogens (tertiary/aromatic N) is 2. The predicted molar refractivity (Wildman–Crippen MR) is 101 cm³/mol. The largest absolute Gasteiger partial charge is 0.347 e. The molecule has 2 aromatic rings. The van der Waals surface area contributed by atoms with E-state index < -0.39 is 0 Å². The summed E-state index contributed by atoms with van der Waals surface area (Å²) in [6, 6.07) is 2.00. The van der Waals surface area contributed by atoms with Gasteiger partial charge in [-0.05, 0) is 42.2 Å². The van der Waals surface area contributed by atoms with Gasteiger partial charge in [0.1, 0.15) is 5.01 Å². The Morgan fingerprint density at radius 1 is 1.44 bits per heavy atom. The molecule has 0 aromatic carbocycles. The summed E-state index contributed by atoms with van der Waals surface area (Å²) in [7, 11) is 0. The van der Waals surface area contributed by atoms with Crippen molar-refractivity contribution >= 4 is 34.5 Å². The maximum Gasteiger partial charge on any atom is 0.222 e. The predicted octanol–water partition coefficient (Wildman–Crippen LogP) is 3.32. The highest BCUT2D eigenvalue weighted by molar-refractivity contribution is 7.09. The van der Waals surface area contributed by atoms with Crippen LogP contribution in [0.1, 0.15) is 48.0 Å². The summed E-state index contributed by atoms with van der Waals surface area (Å²) in [6.45, 7) is 3.48. The fraction of sp³-hybridized carbons (Fsp3) is 0.500. The summed E-state index contributed by atoms with van der Waals surface area (Å²) in [5, 5.41) is 10.3. The van der Waals surface area contributed by atoms with E-state index in [1.807, 2.05) is 22.6 Å². The first-order valence-corrected chi connectivity index (χ1v) is 10.4. The smallest absolute Gasteiger partial charge is 0.222 e. The van der Waals surface area contributed by atoms with Gasteiger partial charge in [-0.25, -0.2) is 4.98 Å². The van der Waals surface area contributed by atoms with Crippen LogP contribution >= 0.6 is 22.7 Å². The standard InChI is InChI=1S/C18H23N3O2S2/c1-13-11-25-18(19-13)15(10-14-6-9-24-12-14)20-16(22)4-2-7-21-8-3-5-17(21)23/h6,9,11-12,15H,2-5,7-8,10H2,1H3,(H,20,22)/t15-/m0/s1. The lowest BCUT2D eigenvalue weighted by molar-refractivity contribution is -0.128. The number of aromatic nitrogens is 1. The molecule has 134 valence electrons. The van der Waals surface area contributed by atoms with Crippen molar-refractivity contribution in [3.8, 4) is 0 Å². The van der Waals surface area contributed by atoms with E-state index >= 15 is 0 Å². The molecule has 0 spiro atoms. The van der Waals surface area contributed by atoms with Crippen LogP contribution in [-0.2, 0) is 16.0 Å². The normalized spacial score (nSPS) is 15.6. The fourth-order valence-electron chi connectivity index (χ4n) is 3.01. The number of thiophene rings is 1. The van der Waals surface area contributed by atoms with E-state index in [2.05, 4.69) is 21.7 Å². The Morgan fingerprint density at radius 2 is 2.32 bits per heavy atom. The molecular weight excluding hydrogens is 354 g/mol. The van der Waals surface area contributed by atoms with Gasteiger partial charge in [0, 0.05) is 43.4 Å². The molecule has 1 saturated heterocycles. The second-order valence-corrected chi connectivity index (χ2v) is 8.04. The van der Waals surface area contributed by atoms with Crippen LogP contribution in [0, 0.1) is 6.92 Å². The van der Waals surface area contributed by atoms with Gasteiger partial charge in [0.05, 0.1) is 6.04 Å². The molecule has 1 N–H and O–H groups in total.